The second-order valence-corrected chi connectivity index (χ2v) is 4.71. The van der Waals surface area contributed by atoms with Crippen molar-refractivity contribution in [2.75, 3.05) is 0 Å². The van der Waals surface area contributed by atoms with Crippen molar-refractivity contribution in [1.82, 2.24) is 9.55 Å². The summed E-state index contributed by atoms with van der Waals surface area (Å²) in [5.74, 6) is -0.260. The number of hydrogen-bond donors (Lipinski definition) is 1. The Morgan fingerprint density at radius 1 is 1.25 bits per heavy atom. The van der Waals surface area contributed by atoms with Crippen LogP contribution in [-0.4, -0.2) is 20.6 Å². The van der Waals surface area contributed by atoms with Crippen LogP contribution in [0.1, 0.15) is 22.6 Å². The Kier molecular flexibility index (Phi) is 3.98. The Bertz CT molecular complexity index is 705. The third-order valence-corrected chi connectivity index (χ3v) is 3.12. The molecule has 0 spiro atoms. The van der Waals surface area contributed by atoms with Gasteiger partial charge in [0.15, 0.2) is 0 Å². The summed E-state index contributed by atoms with van der Waals surface area (Å²) in [6.45, 7) is 3.88. The number of nitrogens with zero attached hydrogens (tertiary/aromatic N) is 2. The minimum atomic E-state index is -0.886. The van der Waals surface area contributed by atoms with Crippen LogP contribution in [0.5, 0.6) is 0 Å². The Labute approximate surface area is 116 Å². The fourth-order valence-electron chi connectivity index (χ4n) is 2.17. The van der Waals surface area contributed by atoms with Crippen LogP contribution in [0.2, 0.25) is 0 Å². The van der Waals surface area contributed by atoms with Crippen molar-refractivity contribution in [3.8, 4) is 0 Å². The average molecular weight is 272 g/mol. The summed E-state index contributed by atoms with van der Waals surface area (Å²) < 4.78 is 1.55. The number of carbonyl (C=O) groups is 1. The number of rotatable bonds is 4. The van der Waals surface area contributed by atoms with Crippen molar-refractivity contribution >= 4 is 5.97 Å². The summed E-state index contributed by atoms with van der Waals surface area (Å²) in [4.78, 5) is 27.1. The summed E-state index contributed by atoms with van der Waals surface area (Å²) in [5, 5.41) is 8.92. The fourth-order valence-corrected chi connectivity index (χ4v) is 2.17. The van der Waals surface area contributed by atoms with Gasteiger partial charge in [0.25, 0.3) is 5.56 Å². The van der Waals surface area contributed by atoms with Crippen LogP contribution in [-0.2, 0) is 17.8 Å². The van der Waals surface area contributed by atoms with Gasteiger partial charge in [0.05, 0.1) is 13.0 Å². The Morgan fingerprint density at radius 3 is 2.50 bits per heavy atom. The molecule has 0 aliphatic carbocycles. The Balaban J connectivity index is 2.40. The SMILES string of the molecule is Cc1cc(=O)n(Cc2ccccc2CC(=O)O)c(C)n1. The normalized spacial score (nSPS) is 10.5. The largest absolute Gasteiger partial charge is 0.481 e. The number of hydrogen-bond acceptors (Lipinski definition) is 3. The summed E-state index contributed by atoms with van der Waals surface area (Å²) in [6.07, 6.45) is -0.0523. The number of aliphatic carboxylic acids is 1. The third kappa shape index (κ3) is 3.12. The number of benzene rings is 1. The first-order chi connectivity index (χ1) is 9.47. The van der Waals surface area contributed by atoms with Crippen LogP contribution in [0.4, 0.5) is 0 Å². The molecule has 0 radical (unpaired) electrons. The molecule has 5 heteroatoms. The summed E-state index contributed by atoms with van der Waals surface area (Å²) in [5.41, 5.74) is 2.10. The Hall–Kier alpha value is -2.43. The van der Waals surface area contributed by atoms with Gasteiger partial charge in [-0.15, -0.1) is 0 Å². The highest BCUT2D eigenvalue weighted by molar-refractivity contribution is 5.70. The minimum absolute atomic E-state index is 0.0523. The van der Waals surface area contributed by atoms with Crippen LogP contribution >= 0.6 is 0 Å². The van der Waals surface area contributed by atoms with E-state index in [1.807, 2.05) is 12.1 Å². The van der Waals surface area contributed by atoms with E-state index in [2.05, 4.69) is 4.98 Å². The van der Waals surface area contributed by atoms with E-state index in [4.69, 9.17) is 5.11 Å². The van der Waals surface area contributed by atoms with Gasteiger partial charge in [0.2, 0.25) is 0 Å². The molecule has 0 amide bonds. The molecular weight excluding hydrogens is 256 g/mol. The van der Waals surface area contributed by atoms with Crippen molar-refractivity contribution in [2.24, 2.45) is 0 Å². The zero-order valence-electron chi connectivity index (χ0n) is 11.5. The smallest absolute Gasteiger partial charge is 0.307 e. The maximum absolute atomic E-state index is 12.0. The lowest BCUT2D eigenvalue weighted by Crippen LogP contribution is -2.24. The van der Waals surface area contributed by atoms with E-state index >= 15 is 0 Å². The van der Waals surface area contributed by atoms with E-state index in [0.717, 1.165) is 5.56 Å². The van der Waals surface area contributed by atoms with Crippen molar-refractivity contribution in [3.05, 3.63) is 63.3 Å². The summed E-state index contributed by atoms with van der Waals surface area (Å²) >= 11 is 0. The second kappa shape index (κ2) is 5.69. The number of carboxylic acid groups (broad SMARTS) is 1. The standard InChI is InChI=1S/C15H16N2O3/c1-10-7-14(18)17(11(2)16-10)9-13-6-4-3-5-12(13)8-15(19)20/h3-7H,8-9H2,1-2H3,(H,19,20). The van der Waals surface area contributed by atoms with Crippen LogP contribution < -0.4 is 5.56 Å². The average Bonchev–Trinajstić information content (AvgIpc) is 2.34. The van der Waals surface area contributed by atoms with Gasteiger partial charge in [0.1, 0.15) is 5.82 Å². The summed E-state index contributed by atoms with van der Waals surface area (Å²) in [6, 6.07) is 8.72. The minimum Gasteiger partial charge on any atom is -0.481 e. The lowest BCUT2D eigenvalue weighted by molar-refractivity contribution is -0.136. The predicted octanol–water partition coefficient (Wildman–Crippen LogP) is 1.54. The van der Waals surface area contributed by atoms with Gasteiger partial charge >= 0.3 is 5.97 Å². The van der Waals surface area contributed by atoms with Crippen molar-refractivity contribution < 1.29 is 9.90 Å². The molecule has 0 aliphatic rings. The van der Waals surface area contributed by atoms with Crippen molar-refractivity contribution in [2.45, 2.75) is 26.8 Å². The second-order valence-electron chi connectivity index (χ2n) is 4.71. The first-order valence-electron chi connectivity index (χ1n) is 6.31. The van der Waals surface area contributed by atoms with Gasteiger partial charge in [-0.3, -0.25) is 14.2 Å². The van der Waals surface area contributed by atoms with Crippen LogP contribution in [0.15, 0.2) is 35.1 Å². The molecule has 20 heavy (non-hydrogen) atoms. The Morgan fingerprint density at radius 2 is 1.90 bits per heavy atom. The molecule has 0 saturated heterocycles. The number of carboxylic acids is 1. The van der Waals surface area contributed by atoms with E-state index in [-0.39, 0.29) is 12.0 Å². The van der Waals surface area contributed by atoms with E-state index in [9.17, 15) is 9.59 Å². The topological polar surface area (TPSA) is 72.2 Å². The zero-order chi connectivity index (χ0) is 14.7. The van der Waals surface area contributed by atoms with Gasteiger partial charge in [-0.05, 0) is 25.0 Å². The molecule has 1 N–H and O–H groups in total. The van der Waals surface area contributed by atoms with Crippen LogP contribution in [0.25, 0.3) is 0 Å². The van der Waals surface area contributed by atoms with Crippen LogP contribution in [0, 0.1) is 13.8 Å². The molecule has 0 aliphatic heterocycles. The van der Waals surface area contributed by atoms with E-state index in [0.29, 0.717) is 23.6 Å². The zero-order valence-corrected chi connectivity index (χ0v) is 11.5. The molecule has 104 valence electrons. The van der Waals surface area contributed by atoms with Crippen molar-refractivity contribution in [1.29, 1.82) is 0 Å². The van der Waals surface area contributed by atoms with E-state index in [1.54, 1.807) is 30.5 Å². The maximum atomic E-state index is 12.0. The monoisotopic (exact) mass is 272 g/mol. The lowest BCUT2D eigenvalue weighted by Gasteiger charge is -2.12. The van der Waals surface area contributed by atoms with Gasteiger partial charge in [-0.1, -0.05) is 24.3 Å². The first kappa shape index (κ1) is 14.0. The molecule has 0 atom stereocenters. The molecular formula is C15H16N2O3. The van der Waals surface area contributed by atoms with Crippen LogP contribution in [0.3, 0.4) is 0 Å². The molecule has 5 nitrogen and oxygen atoms in total. The molecule has 0 bridgehead atoms. The quantitative estimate of drug-likeness (QED) is 0.916. The molecule has 0 fully saturated rings. The highest BCUT2D eigenvalue weighted by Gasteiger charge is 2.09. The molecule has 1 aromatic carbocycles. The maximum Gasteiger partial charge on any atom is 0.307 e. The highest BCUT2D eigenvalue weighted by atomic mass is 16.4. The van der Waals surface area contributed by atoms with E-state index in [1.165, 1.54) is 6.07 Å². The molecule has 1 aromatic heterocycles. The number of aromatic nitrogens is 2. The fraction of sp³-hybridized carbons (Fsp3) is 0.267. The van der Waals surface area contributed by atoms with Gasteiger partial charge in [0, 0.05) is 11.8 Å². The lowest BCUT2D eigenvalue weighted by atomic mass is 10.0. The molecule has 0 saturated carbocycles. The van der Waals surface area contributed by atoms with Gasteiger partial charge in [-0.2, -0.15) is 0 Å². The molecule has 2 aromatic rings. The number of aryl methyl sites for hydroxylation is 2. The molecule has 2 rings (SSSR count). The molecule has 0 unspecified atom stereocenters. The van der Waals surface area contributed by atoms with Gasteiger partial charge < -0.3 is 5.11 Å². The van der Waals surface area contributed by atoms with Crippen molar-refractivity contribution in [3.63, 3.8) is 0 Å². The third-order valence-electron chi connectivity index (χ3n) is 3.12. The summed E-state index contributed by atoms with van der Waals surface area (Å²) in [7, 11) is 0. The van der Waals surface area contributed by atoms with E-state index < -0.39 is 5.97 Å². The first-order valence-corrected chi connectivity index (χ1v) is 6.31. The molecule has 1 heterocycles. The highest BCUT2D eigenvalue weighted by Crippen LogP contribution is 2.11. The predicted molar refractivity (Wildman–Crippen MR) is 74.9 cm³/mol. The van der Waals surface area contributed by atoms with Gasteiger partial charge in [-0.25, -0.2) is 4.98 Å².